The molecule has 1 atom stereocenters. The fraction of sp³-hybridized carbons (Fsp3) is 0.261. The molecule has 2 aromatic carbocycles. The average Bonchev–Trinajstić information content (AvgIpc) is 3.34. The van der Waals surface area contributed by atoms with Gasteiger partial charge in [-0.15, -0.1) is 0 Å². The highest BCUT2D eigenvalue weighted by Gasteiger charge is 2.28. The van der Waals surface area contributed by atoms with Crippen LogP contribution in [0.15, 0.2) is 48.5 Å². The summed E-state index contributed by atoms with van der Waals surface area (Å²) in [5.41, 5.74) is 2.51. The van der Waals surface area contributed by atoms with E-state index in [4.69, 9.17) is 16.7 Å². The van der Waals surface area contributed by atoms with E-state index < -0.39 is 10.9 Å². The number of aliphatic hydroxyl groups is 1. The second-order valence-corrected chi connectivity index (χ2v) is 8.59. The van der Waals surface area contributed by atoms with E-state index in [0.717, 1.165) is 35.3 Å². The number of nitrogens with zero attached hydrogens (tertiary/aromatic N) is 4. The number of para-hydroxylation sites is 1. The van der Waals surface area contributed by atoms with E-state index in [1.807, 2.05) is 28.8 Å². The minimum absolute atomic E-state index is 0.138. The molecular formula is C23H22BrClN4O3. The van der Waals surface area contributed by atoms with Crippen molar-refractivity contribution in [3.8, 4) is 5.69 Å². The zero-order valence-electron chi connectivity index (χ0n) is 17.4. The molecule has 7 nitrogen and oxygen atoms in total. The molecule has 0 bridgehead atoms. The number of carboxylic acid groups (broad SMARTS) is 1. The molecular weight excluding hydrogens is 496 g/mol. The molecule has 4 aromatic rings. The van der Waals surface area contributed by atoms with Crippen LogP contribution < -0.4 is 0 Å². The minimum Gasteiger partial charge on any atom is -0.478 e. The molecule has 0 aliphatic carbocycles. The molecule has 2 aromatic heterocycles. The molecule has 0 saturated carbocycles. The Balaban J connectivity index is 1.99. The van der Waals surface area contributed by atoms with Crippen molar-refractivity contribution in [3.05, 3.63) is 76.5 Å². The molecule has 0 amide bonds. The van der Waals surface area contributed by atoms with Gasteiger partial charge in [-0.05, 0) is 24.6 Å². The summed E-state index contributed by atoms with van der Waals surface area (Å²) >= 11 is 10.2. The van der Waals surface area contributed by atoms with E-state index in [-0.39, 0.29) is 17.3 Å². The summed E-state index contributed by atoms with van der Waals surface area (Å²) in [6.07, 6.45) is 2.59. The first-order valence-electron chi connectivity index (χ1n) is 10.3. The number of aromatic nitrogens is 4. The van der Waals surface area contributed by atoms with Crippen LogP contribution in [-0.2, 0) is 13.0 Å². The van der Waals surface area contributed by atoms with Gasteiger partial charge in [0.2, 0.25) is 0 Å². The summed E-state index contributed by atoms with van der Waals surface area (Å²) in [6, 6.07) is 14.4. The van der Waals surface area contributed by atoms with Crippen LogP contribution in [0.25, 0.3) is 16.6 Å². The van der Waals surface area contributed by atoms with Crippen molar-refractivity contribution in [2.45, 2.75) is 37.7 Å². The van der Waals surface area contributed by atoms with E-state index in [1.54, 1.807) is 28.9 Å². The fourth-order valence-corrected chi connectivity index (χ4v) is 5.01. The number of aromatic carboxylic acids is 1. The molecule has 2 heterocycles. The number of hydrogen-bond acceptors (Lipinski definition) is 4. The van der Waals surface area contributed by atoms with Crippen LogP contribution in [0.1, 0.15) is 52.3 Å². The Kier molecular flexibility index (Phi) is 6.64. The third-order valence-corrected chi connectivity index (χ3v) is 6.51. The first kappa shape index (κ1) is 22.5. The average molecular weight is 518 g/mol. The highest BCUT2D eigenvalue weighted by atomic mass is 79.9. The number of hydrogen-bond donors (Lipinski definition) is 2. The van der Waals surface area contributed by atoms with Crippen LogP contribution in [0.2, 0.25) is 5.15 Å². The van der Waals surface area contributed by atoms with Crippen LogP contribution >= 0.6 is 27.5 Å². The Morgan fingerprint density at radius 2 is 1.91 bits per heavy atom. The molecule has 0 aliphatic heterocycles. The van der Waals surface area contributed by atoms with Crippen LogP contribution in [0.3, 0.4) is 0 Å². The zero-order chi connectivity index (χ0) is 22.8. The van der Waals surface area contributed by atoms with Crippen molar-refractivity contribution in [1.29, 1.82) is 0 Å². The summed E-state index contributed by atoms with van der Waals surface area (Å²) in [6.45, 7) is 1.82. The van der Waals surface area contributed by atoms with Gasteiger partial charge < -0.3 is 14.8 Å². The maximum atomic E-state index is 11.9. The number of halogens is 2. The molecule has 0 fully saturated rings. The van der Waals surface area contributed by atoms with E-state index in [9.17, 15) is 15.0 Å². The fourth-order valence-electron chi connectivity index (χ4n) is 3.83. The number of fused-ring (bicyclic) bond motifs is 1. The summed E-state index contributed by atoms with van der Waals surface area (Å²) in [7, 11) is 0. The molecule has 0 spiro atoms. The SMILES string of the molecule is CCCCc1nc(Cl)c(CO)n1C(Br)c1c2ccccc2nn1-c1ccccc1C(=O)O. The van der Waals surface area contributed by atoms with Crippen molar-refractivity contribution < 1.29 is 15.0 Å². The molecule has 2 N–H and O–H groups in total. The molecule has 4 rings (SSSR count). The van der Waals surface area contributed by atoms with Crippen molar-refractivity contribution in [3.63, 3.8) is 0 Å². The number of benzene rings is 2. The van der Waals surface area contributed by atoms with Gasteiger partial charge in [-0.2, -0.15) is 5.10 Å². The number of aliphatic hydroxyl groups excluding tert-OH is 1. The highest BCUT2D eigenvalue weighted by molar-refractivity contribution is 9.09. The quantitative estimate of drug-likeness (QED) is 0.307. The lowest BCUT2D eigenvalue weighted by atomic mass is 10.1. The number of carbonyl (C=O) groups is 1. The number of rotatable bonds is 8. The third kappa shape index (κ3) is 3.94. The molecule has 9 heteroatoms. The third-order valence-electron chi connectivity index (χ3n) is 5.37. The summed E-state index contributed by atoms with van der Waals surface area (Å²) in [4.78, 5) is 15.9. The van der Waals surface area contributed by atoms with E-state index >= 15 is 0 Å². The standard InChI is InChI=1S/C23H22BrClN4O3/c1-2-3-12-19-26-22(25)18(13-30)28(19)21(24)20-14-8-4-6-10-16(14)27-29(20)17-11-7-5-9-15(17)23(31)32/h4-11,21,30H,2-3,12-13H2,1H3,(H,31,32). The predicted octanol–water partition coefficient (Wildman–Crippen LogP) is 5.35. The van der Waals surface area contributed by atoms with Crippen LogP contribution in [0.4, 0.5) is 0 Å². The maximum Gasteiger partial charge on any atom is 0.337 e. The Hall–Kier alpha value is -2.68. The van der Waals surface area contributed by atoms with E-state index in [0.29, 0.717) is 17.8 Å². The van der Waals surface area contributed by atoms with Gasteiger partial charge in [-0.3, -0.25) is 0 Å². The van der Waals surface area contributed by atoms with Gasteiger partial charge >= 0.3 is 5.97 Å². The number of unbranched alkanes of at least 4 members (excludes halogenated alkanes) is 1. The molecule has 32 heavy (non-hydrogen) atoms. The van der Waals surface area contributed by atoms with E-state index in [1.165, 1.54) is 0 Å². The topological polar surface area (TPSA) is 93.2 Å². The molecule has 0 saturated heterocycles. The Labute approximate surface area is 198 Å². The Bertz CT molecular complexity index is 1280. The number of imidazole rings is 1. The lowest BCUT2D eigenvalue weighted by molar-refractivity contribution is 0.0696. The molecule has 0 aliphatic rings. The minimum atomic E-state index is -1.04. The lowest BCUT2D eigenvalue weighted by Gasteiger charge is -2.20. The van der Waals surface area contributed by atoms with Gasteiger partial charge in [0.1, 0.15) is 10.8 Å². The first-order chi connectivity index (χ1) is 15.5. The maximum absolute atomic E-state index is 11.9. The van der Waals surface area contributed by atoms with Gasteiger partial charge in [0, 0.05) is 11.8 Å². The first-order valence-corrected chi connectivity index (χ1v) is 11.6. The number of carboxylic acids is 1. The summed E-state index contributed by atoms with van der Waals surface area (Å²) in [5, 5.41) is 25.6. The van der Waals surface area contributed by atoms with Crippen molar-refractivity contribution in [1.82, 2.24) is 19.3 Å². The number of alkyl halides is 1. The van der Waals surface area contributed by atoms with Gasteiger partial charge in [-0.1, -0.05) is 71.2 Å². The predicted molar refractivity (Wildman–Crippen MR) is 127 cm³/mol. The largest absolute Gasteiger partial charge is 0.478 e. The molecule has 166 valence electrons. The van der Waals surface area contributed by atoms with Crippen LogP contribution in [-0.4, -0.2) is 35.5 Å². The van der Waals surface area contributed by atoms with Gasteiger partial charge in [-0.25, -0.2) is 14.5 Å². The molecule has 1 unspecified atom stereocenters. The van der Waals surface area contributed by atoms with Crippen LogP contribution in [0, 0.1) is 0 Å². The Morgan fingerprint density at radius 3 is 2.62 bits per heavy atom. The summed E-state index contributed by atoms with van der Waals surface area (Å²) < 4.78 is 3.52. The lowest BCUT2D eigenvalue weighted by Crippen LogP contribution is -2.17. The monoisotopic (exact) mass is 516 g/mol. The van der Waals surface area contributed by atoms with Crippen molar-refractivity contribution >= 4 is 44.4 Å². The number of aryl methyl sites for hydroxylation is 1. The Morgan fingerprint density at radius 1 is 1.19 bits per heavy atom. The van der Waals surface area contributed by atoms with Gasteiger partial charge in [0.15, 0.2) is 5.15 Å². The highest BCUT2D eigenvalue weighted by Crippen LogP contribution is 2.37. The smallest absolute Gasteiger partial charge is 0.337 e. The van der Waals surface area contributed by atoms with Crippen LogP contribution in [0.5, 0.6) is 0 Å². The molecule has 0 radical (unpaired) electrons. The zero-order valence-corrected chi connectivity index (χ0v) is 19.7. The van der Waals surface area contributed by atoms with Crippen molar-refractivity contribution in [2.75, 3.05) is 0 Å². The second kappa shape index (κ2) is 9.44. The summed E-state index contributed by atoms with van der Waals surface area (Å²) in [5.74, 6) is -0.297. The van der Waals surface area contributed by atoms with E-state index in [2.05, 4.69) is 27.8 Å². The normalized spacial score (nSPS) is 12.4. The van der Waals surface area contributed by atoms with Gasteiger partial charge in [0.05, 0.1) is 34.8 Å². The van der Waals surface area contributed by atoms with Gasteiger partial charge in [0.25, 0.3) is 0 Å². The van der Waals surface area contributed by atoms with Crippen molar-refractivity contribution in [2.24, 2.45) is 0 Å². The second-order valence-electron chi connectivity index (χ2n) is 7.37.